The van der Waals surface area contributed by atoms with Crippen molar-refractivity contribution < 1.29 is 14.3 Å². The zero-order valence-corrected chi connectivity index (χ0v) is 16.4. The molecule has 0 aliphatic heterocycles. The highest BCUT2D eigenvalue weighted by molar-refractivity contribution is 7.99. The maximum atomic E-state index is 12.4. The fourth-order valence-electron chi connectivity index (χ4n) is 2.61. The van der Waals surface area contributed by atoms with Gasteiger partial charge in [0.1, 0.15) is 0 Å². The van der Waals surface area contributed by atoms with Gasteiger partial charge in [-0.1, -0.05) is 23.9 Å². The number of amides is 1. The van der Waals surface area contributed by atoms with Crippen molar-refractivity contribution in [3.8, 4) is 11.5 Å². The summed E-state index contributed by atoms with van der Waals surface area (Å²) in [5, 5.41) is 8.94. The molecule has 7 nitrogen and oxygen atoms in total. The van der Waals surface area contributed by atoms with Crippen molar-refractivity contribution in [2.24, 2.45) is 0 Å². The molecule has 0 unspecified atom stereocenters. The predicted octanol–water partition coefficient (Wildman–Crippen LogP) is 2.54. The van der Waals surface area contributed by atoms with Gasteiger partial charge in [-0.3, -0.25) is 9.20 Å². The zero-order chi connectivity index (χ0) is 19.2. The summed E-state index contributed by atoms with van der Waals surface area (Å²) < 4.78 is 12.4. The molecule has 0 fully saturated rings. The van der Waals surface area contributed by atoms with Gasteiger partial charge in [-0.25, -0.2) is 0 Å². The van der Waals surface area contributed by atoms with Crippen molar-refractivity contribution >= 4 is 23.3 Å². The molecule has 0 aliphatic rings. The van der Waals surface area contributed by atoms with E-state index in [4.69, 9.17) is 9.47 Å². The van der Waals surface area contributed by atoms with E-state index in [2.05, 4.69) is 10.2 Å². The van der Waals surface area contributed by atoms with Crippen LogP contribution in [0.4, 0.5) is 0 Å². The first-order valence-corrected chi connectivity index (χ1v) is 9.48. The first-order chi connectivity index (χ1) is 13.1. The normalized spacial score (nSPS) is 10.8. The molecule has 0 N–H and O–H groups in total. The average Bonchev–Trinajstić information content (AvgIpc) is 3.13. The Balaban J connectivity index is 1.53. The third kappa shape index (κ3) is 4.51. The number of carbonyl (C=O) groups is 1. The number of benzene rings is 1. The lowest BCUT2D eigenvalue weighted by Crippen LogP contribution is -2.30. The Bertz CT molecular complexity index is 928. The van der Waals surface area contributed by atoms with E-state index < -0.39 is 0 Å². The van der Waals surface area contributed by atoms with Crippen molar-refractivity contribution in [3.05, 3.63) is 48.2 Å². The van der Waals surface area contributed by atoms with Gasteiger partial charge in [0.25, 0.3) is 0 Å². The van der Waals surface area contributed by atoms with Crippen LogP contribution < -0.4 is 9.47 Å². The van der Waals surface area contributed by atoms with E-state index >= 15 is 0 Å². The summed E-state index contributed by atoms with van der Waals surface area (Å²) in [6.45, 7) is 0.620. The number of thioether (sulfide) groups is 1. The van der Waals surface area contributed by atoms with Crippen LogP contribution in [-0.4, -0.2) is 59.0 Å². The highest BCUT2D eigenvalue weighted by Crippen LogP contribution is 2.27. The average molecular weight is 386 g/mol. The van der Waals surface area contributed by atoms with Gasteiger partial charge in [0.15, 0.2) is 22.3 Å². The van der Waals surface area contributed by atoms with Crippen molar-refractivity contribution in [3.63, 3.8) is 0 Å². The molecular weight excluding hydrogens is 364 g/mol. The molecule has 0 saturated carbocycles. The van der Waals surface area contributed by atoms with Gasteiger partial charge in [0, 0.05) is 19.8 Å². The minimum Gasteiger partial charge on any atom is -0.493 e. The van der Waals surface area contributed by atoms with Gasteiger partial charge in [0.2, 0.25) is 5.91 Å². The SMILES string of the molecule is COc1ccc(CCN(C)C(=O)CSc2nnc3ccccn23)cc1OC. The summed E-state index contributed by atoms with van der Waals surface area (Å²) in [6, 6.07) is 11.5. The van der Waals surface area contributed by atoms with Crippen LogP contribution in [0.2, 0.25) is 0 Å². The zero-order valence-electron chi connectivity index (χ0n) is 15.6. The summed E-state index contributed by atoms with van der Waals surface area (Å²) in [5.74, 6) is 1.76. The van der Waals surface area contributed by atoms with Crippen LogP contribution in [0, 0.1) is 0 Å². The third-order valence-electron chi connectivity index (χ3n) is 4.22. The largest absolute Gasteiger partial charge is 0.493 e. The van der Waals surface area contributed by atoms with E-state index in [9.17, 15) is 4.79 Å². The van der Waals surface area contributed by atoms with E-state index in [1.165, 1.54) is 11.8 Å². The number of likely N-dealkylation sites (N-methyl/N-ethyl adjacent to an activating group) is 1. The number of pyridine rings is 1. The minimum atomic E-state index is 0.0492. The summed E-state index contributed by atoms with van der Waals surface area (Å²) in [6.07, 6.45) is 2.63. The molecule has 0 atom stereocenters. The summed E-state index contributed by atoms with van der Waals surface area (Å²) in [7, 11) is 5.04. The topological polar surface area (TPSA) is 69.0 Å². The molecule has 0 aliphatic carbocycles. The van der Waals surface area contributed by atoms with E-state index in [0.717, 1.165) is 17.6 Å². The van der Waals surface area contributed by atoms with Gasteiger partial charge in [-0.05, 0) is 36.2 Å². The molecule has 27 heavy (non-hydrogen) atoms. The second-order valence-corrected chi connectivity index (χ2v) is 6.90. The Labute approximate surface area is 162 Å². The number of ether oxygens (including phenoxy) is 2. The highest BCUT2D eigenvalue weighted by Gasteiger charge is 2.13. The molecule has 2 heterocycles. The van der Waals surface area contributed by atoms with Crippen molar-refractivity contribution in [2.75, 3.05) is 33.6 Å². The van der Waals surface area contributed by atoms with E-state index in [-0.39, 0.29) is 5.91 Å². The van der Waals surface area contributed by atoms with Gasteiger partial charge >= 0.3 is 0 Å². The number of hydrogen-bond acceptors (Lipinski definition) is 6. The van der Waals surface area contributed by atoms with Gasteiger partial charge in [0.05, 0.1) is 20.0 Å². The minimum absolute atomic E-state index is 0.0492. The predicted molar refractivity (Wildman–Crippen MR) is 105 cm³/mol. The number of carbonyl (C=O) groups excluding carboxylic acids is 1. The van der Waals surface area contributed by atoms with E-state index in [1.807, 2.05) is 54.0 Å². The van der Waals surface area contributed by atoms with E-state index in [1.54, 1.807) is 19.1 Å². The smallest absolute Gasteiger partial charge is 0.232 e. The molecule has 3 rings (SSSR count). The Kier molecular flexibility index (Phi) is 6.18. The van der Waals surface area contributed by atoms with Crippen molar-refractivity contribution in [1.29, 1.82) is 0 Å². The molecular formula is C19H22N4O3S. The van der Waals surface area contributed by atoms with E-state index in [0.29, 0.717) is 29.0 Å². The van der Waals surface area contributed by atoms with Crippen LogP contribution in [-0.2, 0) is 11.2 Å². The van der Waals surface area contributed by atoms with Crippen LogP contribution in [0.15, 0.2) is 47.8 Å². The Morgan fingerprint density at radius 2 is 1.96 bits per heavy atom. The molecule has 0 bridgehead atoms. The fraction of sp³-hybridized carbons (Fsp3) is 0.316. The van der Waals surface area contributed by atoms with Crippen LogP contribution in [0.1, 0.15) is 5.56 Å². The number of rotatable bonds is 8. The maximum Gasteiger partial charge on any atom is 0.232 e. The molecule has 0 saturated heterocycles. The van der Waals surface area contributed by atoms with Gasteiger partial charge < -0.3 is 14.4 Å². The first-order valence-electron chi connectivity index (χ1n) is 8.50. The number of nitrogens with zero attached hydrogens (tertiary/aromatic N) is 4. The number of methoxy groups -OCH3 is 2. The number of hydrogen-bond donors (Lipinski definition) is 0. The number of aromatic nitrogens is 3. The van der Waals surface area contributed by atoms with Crippen LogP contribution in [0.25, 0.3) is 5.65 Å². The lowest BCUT2D eigenvalue weighted by atomic mass is 10.1. The second kappa shape index (κ2) is 8.77. The molecule has 1 aromatic carbocycles. The maximum absolute atomic E-state index is 12.4. The Morgan fingerprint density at radius 1 is 1.15 bits per heavy atom. The van der Waals surface area contributed by atoms with Crippen LogP contribution in [0.5, 0.6) is 11.5 Å². The Morgan fingerprint density at radius 3 is 2.74 bits per heavy atom. The first kappa shape index (κ1) is 19.0. The lowest BCUT2D eigenvalue weighted by Gasteiger charge is -2.17. The summed E-state index contributed by atoms with van der Waals surface area (Å²) >= 11 is 1.39. The quantitative estimate of drug-likeness (QED) is 0.554. The summed E-state index contributed by atoms with van der Waals surface area (Å²) in [4.78, 5) is 14.2. The second-order valence-electron chi connectivity index (χ2n) is 5.95. The third-order valence-corrected chi connectivity index (χ3v) is 5.14. The van der Waals surface area contributed by atoms with Gasteiger partial charge in [-0.2, -0.15) is 0 Å². The monoisotopic (exact) mass is 386 g/mol. The van der Waals surface area contributed by atoms with Crippen LogP contribution in [0.3, 0.4) is 0 Å². The fourth-order valence-corrected chi connectivity index (χ4v) is 3.48. The van der Waals surface area contributed by atoms with Crippen LogP contribution >= 0.6 is 11.8 Å². The Hall–Kier alpha value is -2.74. The molecule has 3 aromatic rings. The molecule has 8 heteroatoms. The molecule has 2 aromatic heterocycles. The molecule has 1 amide bonds. The lowest BCUT2D eigenvalue weighted by molar-refractivity contribution is -0.127. The summed E-state index contributed by atoms with van der Waals surface area (Å²) in [5.41, 5.74) is 1.86. The van der Waals surface area contributed by atoms with Crippen molar-refractivity contribution in [2.45, 2.75) is 11.6 Å². The number of fused-ring (bicyclic) bond motifs is 1. The molecule has 0 radical (unpaired) electrons. The molecule has 142 valence electrons. The van der Waals surface area contributed by atoms with Crippen molar-refractivity contribution in [1.82, 2.24) is 19.5 Å². The highest BCUT2D eigenvalue weighted by atomic mass is 32.2. The van der Waals surface area contributed by atoms with Gasteiger partial charge in [-0.15, -0.1) is 10.2 Å². The standard InChI is InChI=1S/C19H22N4O3S/c1-22(11-9-14-7-8-15(25-2)16(12-14)26-3)18(24)13-27-19-21-20-17-6-4-5-10-23(17)19/h4-8,10,12H,9,11,13H2,1-3H3. The molecule has 0 spiro atoms.